The SMILES string of the molecule is CN1CCC(c2cn(N)c3ccc(C(=O)C4CC4)cc23)CC1. The van der Waals surface area contributed by atoms with Gasteiger partial charge in [0, 0.05) is 23.1 Å². The molecule has 4 heteroatoms. The fourth-order valence-corrected chi connectivity index (χ4v) is 3.66. The minimum absolute atomic E-state index is 0.268. The predicted molar refractivity (Wildman–Crippen MR) is 88.6 cm³/mol. The highest BCUT2D eigenvalue weighted by atomic mass is 16.1. The van der Waals surface area contributed by atoms with Gasteiger partial charge in [0.1, 0.15) is 0 Å². The van der Waals surface area contributed by atoms with E-state index in [4.69, 9.17) is 5.84 Å². The summed E-state index contributed by atoms with van der Waals surface area (Å²) in [6.07, 6.45) is 6.49. The number of Topliss-reactive ketones (excluding diaryl/α,β-unsaturated/α-hetero) is 1. The lowest BCUT2D eigenvalue weighted by Gasteiger charge is -2.28. The van der Waals surface area contributed by atoms with Gasteiger partial charge in [-0.15, -0.1) is 0 Å². The topological polar surface area (TPSA) is 51.3 Å². The van der Waals surface area contributed by atoms with Gasteiger partial charge in [0.15, 0.2) is 5.78 Å². The lowest BCUT2D eigenvalue weighted by molar-refractivity contribution is 0.0968. The Morgan fingerprint density at radius 3 is 2.59 bits per heavy atom. The summed E-state index contributed by atoms with van der Waals surface area (Å²) >= 11 is 0. The number of nitrogens with two attached hydrogens (primary N) is 1. The highest BCUT2D eigenvalue weighted by Crippen LogP contribution is 2.36. The van der Waals surface area contributed by atoms with Crippen LogP contribution in [0.25, 0.3) is 10.9 Å². The number of carbonyl (C=O) groups excluding carboxylic acids is 1. The third kappa shape index (κ3) is 2.31. The molecule has 0 atom stereocenters. The van der Waals surface area contributed by atoms with E-state index in [1.165, 1.54) is 10.9 Å². The number of rotatable bonds is 3. The zero-order valence-corrected chi connectivity index (χ0v) is 13.1. The average molecular weight is 297 g/mol. The molecule has 4 rings (SSSR count). The molecule has 2 N–H and O–H groups in total. The number of nitrogen functional groups attached to an aromatic ring is 1. The van der Waals surface area contributed by atoms with Gasteiger partial charge >= 0.3 is 0 Å². The van der Waals surface area contributed by atoms with Gasteiger partial charge in [-0.05, 0) is 75.5 Å². The first-order chi connectivity index (χ1) is 10.6. The standard InChI is InChI=1S/C18H23N3O/c1-20-8-6-12(7-9-20)16-11-21(19)17-5-4-14(10-15(16)17)18(22)13-2-3-13/h4-5,10-13H,2-3,6-9,19H2,1H3. The second kappa shape index (κ2) is 5.13. The van der Waals surface area contributed by atoms with Gasteiger partial charge in [0.2, 0.25) is 0 Å². The summed E-state index contributed by atoms with van der Waals surface area (Å²) in [7, 11) is 2.18. The Balaban J connectivity index is 1.73. The van der Waals surface area contributed by atoms with Crippen molar-refractivity contribution >= 4 is 16.7 Å². The lowest BCUT2D eigenvalue weighted by Crippen LogP contribution is -2.29. The van der Waals surface area contributed by atoms with Gasteiger partial charge in [-0.1, -0.05) is 0 Å². The van der Waals surface area contributed by atoms with Crippen LogP contribution < -0.4 is 5.84 Å². The smallest absolute Gasteiger partial charge is 0.165 e. The summed E-state index contributed by atoms with van der Waals surface area (Å²) in [5, 5.41) is 1.17. The molecule has 1 saturated heterocycles. The number of aromatic nitrogens is 1. The summed E-state index contributed by atoms with van der Waals surface area (Å²) in [5.74, 6) is 7.26. The van der Waals surface area contributed by atoms with E-state index < -0.39 is 0 Å². The summed E-state index contributed by atoms with van der Waals surface area (Å²) in [6, 6.07) is 6.02. The van der Waals surface area contributed by atoms with Crippen molar-refractivity contribution in [2.24, 2.45) is 5.92 Å². The summed E-state index contributed by atoms with van der Waals surface area (Å²) in [4.78, 5) is 14.7. The highest BCUT2D eigenvalue weighted by Gasteiger charge is 2.31. The normalized spacial score (nSPS) is 20.6. The zero-order chi connectivity index (χ0) is 15.3. The molecule has 2 fully saturated rings. The van der Waals surface area contributed by atoms with Gasteiger partial charge in [-0.25, -0.2) is 0 Å². The molecule has 2 aliphatic rings. The quantitative estimate of drug-likeness (QED) is 0.700. The summed E-state index contributed by atoms with van der Waals surface area (Å²) in [5.41, 5.74) is 3.20. The number of fused-ring (bicyclic) bond motifs is 1. The Bertz CT molecular complexity index is 721. The second-order valence-corrected chi connectivity index (χ2v) is 6.94. The Labute approximate surface area is 130 Å². The van der Waals surface area contributed by atoms with Crippen molar-refractivity contribution in [2.45, 2.75) is 31.6 Å². The van der Waals surface area contributed by atoms with Crippen molar-refractivity contribution < 1.29 is 4.79 Å². The molecule has 1 aliphatic heterocycles. The van der Waals surface area contributed by atoms with Crippen molar-refractivity contribution in [1.29, 1.82) is 0 Å². The Kier molecular flexibility index (Phi) is 3.22. The maximum Gasteiger partial charge on any atom is 0.165 e. The molecule has 0 radical (unpaired) electrons. The van der Waals surface area contributed by atoms with E-state index in [1.807, 2.05) is 12.1 Å². The second-order valence-electron chi connectivity index (χ2n) is 6.94. The van der Waals surface area contributed by atoms with Crippen LogP contribution in [0.2, 0.25) is 0 Å². The van der Waals surface area contributed by atoms with Gasteiger partial charge in [0.25, 0.3) is 0 Å². The van der Waals surface area contributed by atoms with Crippen molar-refractivity contribution in [2.75, 3.05) is 26.0 Å². The van der Waals surface area contributed by atoms with Crippen LogP contribution in [0.1, 0.15) is 47.5 Å². The van der Waals surface area contributed by atoms with Gasteiger partial charge in [0.05, 0.1) is 5.52 Å². The first-order valence-corrected chi connectivity index (χ1v) is 8.26. The largest absolute Gasteiger partial charge is 0.339 e. The number of hydrogen-bond acceptors (Lipinski definition) is 3. The van der Waals surface area contributed by atoms with E-state index in [2.05, 4.69) is 24.2 Å². The Morgan fingerprint density at radius 1 is 1.18 bits per heavy atom. The molecular weight excluding hydrogens is 274 g/mol. The van der Waals surface area contributed by atoms with Crippen LogP contribution in [0.4, 0.5) is 0 Å². The van der Waals surface area contributed by atoms with E-state index in [9.17, 15) is 4.79 Å². The zero-order valence-electron chi connectivity index (χ0n) is 13.1. The van der Waals surface area contributed by atoms with E-state index in [0.29, 0.717) is 11.7 Å². The molecule has 0 amide bonds. The molecule has 22 heavy (non-hydrogen) atoms. The number of piperidine rings is 1. The minimum atomic E-state index is 0.268. The summed E-state index contributed by atoms with van der Waals surface area (Å²) in [6.45, 7) is 2.26. The number of benzene rings is 1. The van der Waals surface area contributed by atoms with Crippen LogP contribution >= 0.6 is 0 Å². The molecule has 1 aromatic heterocycles. The van der Waals surface area contributed by atoms with Gasteiger partial charge in [-0.2, -0.15) is 0 Å². The number of nitrogens with zero attached hydrogens (tertiary/aromatic N) is 2. The number of ketones is 1. The maximum absolute atomic E-state index is 12.3. The molecule has 0 unspecified atom stereocenters. The molecular formula is C18H23N3O. The first-order valence-electron chi connectivity index (χ1n) is 8.26. The minimum Gasteiger partial charge on any atom is -0.339 e. The van der Waals surface area contributed by atoms with E-state index in [0.717, 1.165) is 49.9 Å². The third-order valence-electron chi connectivity index (χ3n) is 5.25. The van der Waals surface area contributed by atoms with Crippen molar-refractivity contribution in [3.05, 3.63) is 35.5 Å². The molecule has 1 saturated carbocycles. The van der Waals surface area contributed by atoms with Gasteiger partial charge in [-0.3, -0.25) is 9.47 Å². The van der Waals surface area contributed by atoms with E-state index in [-0.39, 0.29) is 5.92 Å². The van der Waals surface area contributed by atoms with Crippen LogP contribution in [0.3, 0.4) is 0 Å². The van der Waals surface area contributed by atoms with E-state index in [1.54, 1.807) is 4.68 Å². The lowest BCUT2D eigenvalue weighted by atomic mass is 9.89. The maximum atomic E-state index is 12.3. The van der Waals surface area contributed by atoms with Crippen LogP contribution in [-0.2, 0) is 0 Å². The Hall–Kier alpha value is -1.81. The van der Waals surface area contributed by atoms with Crippen LogP contribution in [-0.4, -0.2) is 35.5 Å². The molecule has 2 aromatic rings. The first kappa shape index (κ1) is 13.8. The number of hydrogen-bond donors (Lipinski definition) is 1. The molecule has 2 heterocycles. The van der Waals surface area contributed by atoms with E-state index >= 15 is 0 Å². The molecule has 4 nitrogen and oxygen atoms in total. The fraction of sp³-hybridized carbons (Fsp3) is 0.500. The van der Waals surface area contributed by atoms with Crippen LogP contribution in [0, 0.1) is 5.92 Å². The number of likely N-dealkylation sites (tertiary alicyclic amines) is 1. The van der Waals surface area contributed by atoms with Crippen molar-refractivity contribution in [3.63, 3.8) is 0 Å². The Morgan fingerprint density at radius 2 is 1.91 bits per heavy atom. The molecule has 1 aliphatic carbocycles. The number of carbonyl (C=O) groups is 1. The van der Waals surface area contributed by atoms with Gasteiger partial charge < -0.3 is 10.7 Å². The van der Waals surface area contributed by atoms with Crippen molar-refractivity contribution in [1.82, 2.24) is 9.58 Å². The fourth-order valence-electron chi connectivity index (χ4n) is 3.66. The molecule has 1 aromatic carbocycles. The van der Waals surface area contributed by atoms with Crippen molar-refractivity contribution in [3.8, 4) is 0 Å². The highest BCUT2D eigenvalue weighted by molar-refractivity contribution is 6.02. The van der Waals surface area contributed by atoms with Crippen LogP contribution in [0.15, 0.2) is 24.4 Å². The molecule has 0 spiro atoms. The van der Waals surface area contributed by atoms with Crippen LogP contribution in [0.5, 0.6) is 0 Å². The monoisotopic (exact) mass is 297 g/mol. The third-order valence-corrected chi connectivity index (χ3v) is 5.25. The molecule has 0 bridgehead atoms. The predicted octanol–water partition coefficient (Wildman–Crippen LogP) is 2.76. The summed E-state index contributed by atoms with van der Waals surface area (Å²) < 4.78 is 1.72. The molecule has 116 valence electrons. The average Bonchev–Trinajstić information content (AvgIpc) is 3.32.